The minimum absolute atomic E-state index is 0.0624. The van der Waals surface area contributed by atoms with Crippen LogP contribution in [0.1, 0.15) is 28.8 Å². The number of nitrogens with zero attached hydrogens (tertiary/aromatic N) is 4. The summed E-state index contributed by atoms with van der Waals surface area (Å²) in [5.41, 5.74) is 0.903. The Morgan fingerprint density at radius 3 is 2.68 bits per heavy atom. The average molecular weight is 340 g/mol. The SMILES string of the molecule is CN(C)C(=O)CN1C[C@@H]2CC[C@H](C1)N(C(=O)c1ccccc1C#N)C2. The highest BCUT2D eigenvalue weighted by Gasteiger charge is 2.38. The number of rotatable bonds is 3. The predicted octanol–water partition coefficient (Wildman–Crippen LogP) is 1.18. The molecule has 4 rings (SSSR count). The van der Waals surface area contributed by atoms with Gasteiger partial charge in [0.25, 0.3) is 5.91 Å². The van der Waals surface area contributed by atoms with Gasteiger partial charge in [0.1, 0.15) is 0 Å². The molecule has 0 aliphatic carbocycles. The normalized spacial score (nSPS) is 23.0. The van der Waals surface area contributed by atoms with Crippen molar-refractivity contribution < 1.29 is 9.59 Å². The summed E-state index contributed by atoms with van der Waals surface area (Å²) in [7, 11) is 3.53. The zero-order chi connectivity index (χ0) is 18.0. The third-order valence-corrected chi connectivity index (χ3v) is 5.19. The summed E-state index contributed by atoms with van der Waals surface area (Å²) in [6, 6.07) is 9.21. The predicted molar refractivity (Wildman–Crippen MR) is 93.8 cm³/mol. The Labute approximate surface area is 148 Å². The summed E-state index contributed by atoms with van der Waals surface area (Å²) in [6.07, 6.45) is 2.04. The molecule has 3 aliphatic rings. The van der Waals surface area contributed by atoms with Crippen LogP contribution in [0.25, 0.3) is 0 Å². The summed E-state index contributed by atoms with van der Waals surface area (Å²) in [5.74, 6) is 0.411. The molecule has 3 fully saturated rings. The van der Waals surface area contributed by atoms with Crippen molar-refractivity contribution in [2.45, 2.75) is 18.9 Å². The highest BCUT2D eigenvalue weighted by atomic mass is 16.2. The van der Waals surface area contributed by atoms with Crippen molar-refractivity contribution >= 4 is 11.8 Å². The second-order valence-corrected chi connectivity index (χ2v) is 7.19. The molecule has 0 radical (unpaired) electrons. The average Bonchev–Trinajstić information content (AvgIpc) is 2.91. The second kappa shape index (κ2) is 7.24. The van der Waals surface area contributed by atoms with E-state index in [0.717, 1.165) is 25.9 Å². The van der Waals surface area contributed by atoms with Crippen LogP contribution in [0.3, 0.4) is 0 Å². The fourth-order valence-electron chi connectivity index (χ4n) is 3.81. The Balaban J connectivity index is 1.78. The molecule has 0 unspecified atom stereocenters. The van der Waals surface area contributed by atoms with Crippen LogP contribution >= 0.6 is 0 Å². The van der Waals surface area contributed by atoms with Crippen LogP contribution < -0.4 is 0 Å². The van der Waals surface area contributed by atoms with E-state index in [9.17, 15) is 14.9 Å². The molecule has 2 atom stereocenters. The molecule has 3 heterocycles. The van der Waals surface area contributed by atoms with Crippen molar-refractivity contribution in [3.8, 4) is 6.07 Å². The van der Waals surface area contributed by atoms with Crippen LogP contribution in [0.2, 0.25) is 0 Å². The highest BCUT2D eigenvalue weighted by molar-refractivity contribution is 5.97. The zero-order valence-electron chi connectivity index (χ0n) is 14.8. The van der Waals surface area contributed by atoms with E-state index in [4.69, 9.17) is 0 Å². The molecule has 0 N–H and O–H groups in total. The number of benzene rings is 1. The van der Waals surface area contributed by atoms with E-state index in [-0.39, 0.29) is 17.9 Å². The largest absolute Gasteiger partial charge is 0.348 e. The van der Waals surface area contributed by atoms with E-state index in [2.05, 4.69) is 11.0 Å². The van der Waals surface area contributed by atoms with Gasteiger partial charge in [-0.2, -0.15) is 5.26 Å². The Morgan fingerprint density at radius 1 is 1.20 bits per heavy atom. The summed E-state index contributed by atoms with van der Waals surface area (Å²) >= 11 is 0. The molecule has 132 valence electrons. The number of nitriles is 1. The van der Waals surface area contributed by atoms with Gasteiger partial charge in [-0.1, -0.05) is 12.1 Å². The van der Waals surface area contributed by atoms with Crippen LogP contribution in [0.5, 0.6) is 0 Å². The molecule has 3 aliphatic heterocycles. The molecule has 6 heteroatoms. The Bertz CT molecular complexity index is 710. The molecule has 0 aromatic heterocycles. The molecule has 0 spiro atoms. The molecule has 2 bridgehead atoms. The van der Waals surface area contributed by atoms with Crippen molar-refractivity contribution in [2.24, 2.45) is 5.92 Å². The molecule has 1 aromatic carbocycles. The first-order valence-corrected chi connectivity index (χ1v) is 8.72. The lowest BCUT2D eigenvalue weighted by atomic mass is 9.94. The second-order valence-electron chi connectivity index (χ2n) is 7.19. The third-order valence-electron chi connectivity index (χ3n) is 5.19. The van der Waals surface area contributed by atoms with Crippen molar-refractivity contribution in [1.82, 2.24) is 14.7 Å². The van der Waals surface area contributed by atoms with Crippen LogP contribution in [0, 0.1) is 17.2 Å². The van der Waals surface area contributed by atoms with Gasteiger partial charge in [-0.25, -0.2) is 0 Å². The number of hydrogen-bond acceptors (Lipinski definition) is 4. The maximum atomic E-state index is 13.0. The number of hydrogen-bond donors (Lipinski definition) is 0. The minimum atomic E-state index is -0.0624. The van der Waals surface area contributed by atoms with Crippen molar-refractivity contribution in [3.05, 3.63) is 35.4 Å². The maximum absolute atomic E-state index is 13.0. The van der Waals surface area contributed by atoms with Gasteiger partial charge < -0.3 is 9.80 Å². The highest BCUT2D eigenvalue weighted by Crippen LogP contribution is 2.29. The standard InChI is InChI=1S/C19H24N4O2/c1-21(2)18(24)13-22-10-14-7-8-16(12-22)23(11-14)19(25)17-6-4-3-5-15(17)9-20/h3-6,14,16H,7-8,10-13H2,1-2H3/t14-,16+/m0/s1. The smallest absolute Gasteiger partial charge is 0.255 e. The topological polar surface area (TPSA) is 67.7 Å². The van der Waals surface area contributed by atoms with Gasteiger partial charge in [0.15, 0.2) is 0 Å². The van der Waals surface area contributed by atoms with Gasteiger partial charge in [0.2, 0.25) is 5.91 Å². The van der Waals surface area contributed by atoms with Crippen molar-refractivity contribution in [3.63, 3.8) is 0 Å². The summed E-state index contributed by atoms with van der Waals surface area (Å²) in [4.78, 5) is 30.8. The van der Waals surface area contributed by atoms with E-state index >= 15 is 0 Å². The molecule has 6 nitrogen and oxygen atoms in total. The van der Waals surface area contributed by atoms with E-state index in [1.165, 1.54) is 0 Å². The van der Waals surface area contributed by atoms with Gasteiger partial charge in [-0.05, 0) is 30.9 Å². The van der Waals surface area contributed by atoms with Gasteiger partial charge in [-0.3, -0.25) is 14.5 Å². The van der Waals surface area contributed by atoms with Crippen molar-refractivity contribution in [1.29, 1.82) is 5.26 Å². The number of fused-ring (bicyclic) bond motifs is 4. The fraction of sp³-hybridized carbons (Fsp3) is 0.526. The van der Waals surface area contributed by atoms with Crippen LogP contribution in [-0.4, -0.2) is 72.8 Å². The van der Waals surface area contributed by atoms with Gasteiger partial charge in [0, 0.05) is 39.8 Å². The first kappa shape index (κ1) is 17.4. The zero-order valence-corrected chi connectivity index (χ0v) is 14.8. The minimum Gasteiger partial charge on any atom is -0.348 e. The lowest BCUT2D eigenvalue weighted by molar-refractivity contribution is -0.129. The van der Waals surface area contributed by atoms with E-state index in [1.54, 1.807) is 43.3 Å². The number of piperidine rings is 1. The van der Waals surface area contributed by atoms with Crippen molar-refractivity contribution in [2.75, 3.05) is 40.3 Å². The first-order chi connectivity index (χ1) is 12.0. The number of likely N-dealkylation sites (N-methyl/N-ethyl adjacent to an activating group) is 1. The molecular weight excluding hydrogens is 316 g/mol. The molecule has 1 aromatic rings. The maximum Gasteiger partial charge on any atom is 0.255 e. The fourth-order valence-corrected chi connectivity index (χ4v) is 3.81. The van der Waals surface area contributed by atoms with E-state index < -0.39 is 0 Å². The number of carbonyl (C=O) groups is 2. The lowest BCUT2D eigenvalue weighted by Crippen LogP contribution is -2.48. The monoisotopic (exact) mass is 340 g/mol. The summed E-state index contributed by atoms with van der Waals surface area (Å²) < 4.78 is 0. The first-order valence-electron chi connectivity index (χ1n) is 8.72. The molecular formula is C19H24N4O2. The van der Waals surface area contributed by atoms with Crippen LogP contribution in [-0.2, 0) is 4.79 Å². The molecule has 2 amide bonds. The van der Waals surface area contributed by atoms with Gasteiger partial charge >= 0.3 is 0 Å². The van der Waals surface area contributed by atoms with Crippen LogP contribution in [0.4, 0.5) is 0 Å². The van der Waals surface area contributed by atoms with Crippen LogP contribution in [0.15, 0.2) is 24.3 Å². The third kappa shape index (κ3) is 3.67. The molecule has 3 saturated heterocycles. The quantitative estimate of drug-likeness (QED) is 0.829. The Kier molecular flexibility index (Phi) is 5.05. The summed E-state index contributed by atoms with van der Waals surface area (Å²) in [5, 5.41) is 9.28. The molecule has 25 heavy (non-hydrogen) atoms. The lowest BCUT2D eigenvalue weighted by Gasteiger charge is -2.36. The Hall–Kier alpha value is -2.39. The van der Waals surface area contributed by atoms with E-state index in [0.29, 0.717) is 30.1 Å². The Morgan fingerprint density at radius 2 is 1.96 bits per heavy atom. The number of carbonyl (C=O) groups excluding carboxylic acids is 2. The number of amides is 2. The van der Waals surface area contributed by atoms with Gasteiger partial charge in [-0.15, -0.1) is 0 Å². The van der Waals surface area contributed by atoms with E-state index in [1.807, 2.05) is 4.90 Å². The molecule has 0 saturated carbocycles. The van der Waals surface area contributed by atoms with Gasteiger partial charge in [0.05, 0.1) is 23.7 Å². The summed E-state index contributed by atoms with van der Waals surface area (Å²) in [6.45, 7) is 2.67.